The number of esters is 1. The second kappa shape index (κ2) is 4.89. The molecule has 0 aliphatic carbocycles. The molecule has 3 aromatic rings. The molecule has 20 heavy (non-hydrogen) atoms. The Labute approximate surface area is 115 Å². The third-order valence-corrected chi connectivity index (χ3v) is 3.19. The van der Waals surface area contributed by atoms with Crippen LogP contribution in [0.25, 0.3) is 21.9 Å². The fourth-order valence-corrected chi connectivity index (χ4v) is 2.20. The number of carbonyl (C=O) groups is 1. The van der Waals surface area contributed by atoms with Crippen LogP contribution in [0.1, 0.15) is 6.92 Å². The van der Waals surface area contributed by atoms with E-state index in [0.29, 0.717) is 5.75 Å². The minimum Gasteiger partial charge on any atom is -0.479 e. The van der Waals surface area contributed by atoms with Gasteiger partial charge in [-0.05, 0) is 31.2 Å². The standard InChI is InChI=1S/C16H14O4/c1-10(16(17)18-2)19-11-7-8-15-13(9-11)12-5-3-4-6-14(12)20-15/h3-10H,1-2H3. The largest absolute Gasteiger partial charge is 0.479 e. The highest BCUT2D eigenvalue weighted by atomic mass is 16.6. The number of hydrogen-bond donors (Lipinski definition) is 0. The summed E-state index contributed by atoms with van der Waals surface area (Å²) in [6.07, 6.45) is -0.643. The van der Waals surface area contributed by atoms with Gasteiger partial charge in [-0.15, -0.1) is 0 Å². The molecule has 0 amide bonds. The maximum atomic E-state index is 11.4. The van der Waals surface area contributed by atoms with Gasteiger partial charge in [-0.2, -0.15) is 0 Å². The Balaban J connectivity index is 2.01. The Morgan fingerprint density at radius 3 is 2.65 bits per heavy atom. The minimum absolute atomic E-state index is 0.401. The highest BCUT2D eigenvalue weighted by molar-refractivity contribution is 6.05. The van der Waals surface area contributed by atoms with Crippen LogP contribution in [0.3, 0.4) is 0 Å². The first-order valence-corrected chi connectivity index (χ1v) is 6.35. The number of methoxy groups -OCH3 is 1. The van der Waals surface area contributed by atoms with Gasteiger partial charge in [0.1, 0.15) is 16.9 Å². The summed E-state index contributed by atoms with van der Waals surface area (Å²) in [6.45, 7) is 1.66. The van der Waals surface area contributed by atoms with Crippen LogP contribution in [-0.4, -0.2) is 19.2 Å². The molecule has 3 rings (SSSR count). The van der Waals surface area contributed by atoms with Crippen LogP contribution in [-0.2, 0) is 9.53 Å². The van der Waals surface area contributed by atoms with Gasteiger partial charge in [0.2, 0.25) is 0 Å². The Kier molecular flexibility index (Phi) is 3.06. The maximum Gasteiger partial charge on any atom is 0.346 e. The van der Waals surface area contributed by atoms with Gasteiger partial charge in [0, 0.05) is 10.8 Å². The van der Waals surface area contributed by atoms with Crippen molar-refractivity contribution in [3.05, 3.63) is 42.5 Å². The summed E-state index contributed by atoms with van der Waals surface area (Å²) in [6, 6.07) is 13.3. The topological polar surface area (TPSA) is 48.7 Å². The van der Waals surface area contributed by atoms with E-state index in [9.17, 15) is 4.79 Å². The van der Waals surface area contributed by atoms with Crippen LogP contribution in [0, 0.1) is 0 Å². The van der Waals surface area contributed by atoms with Crippen molar-refractivity contribution in [1.82, 2.24) is 0 Å². The van der Waals surface area contributed by atoms with Gasteiger partial charge in [0.15, 0.2) is 6.10 Å². The molecule has 0 spiro atoms. The summed E-state index contributed by atoms with van der Waals surface area (Å²) < 4.78 is 16.0. The zero-order chi connectivity index (χ0) is 14.1. The number of hydrogen-bond acceptors (Lipinski definition) is 4. The highest BCUT2D eigenvalue weighted by Gasteiger charge is 2.15. The van der Waals surface area contributed by atoms with Crippen molar-refractivity contribution in [3.8, 4) is 5.75 Å². The summed E-state index contributed by atoms with van der Waals surface area (Å²) in [7, 11) is 1.34. The normalized spacial score (nSPS) is 12.5. The lowest BCUT2D eigenvalue weighted by molar-refractivity contribution is -0.147. The van der Waals surface area contributed by atoms with E-state index < -0.39 is 12.1 Å². The molecule has 1 unspecified atom stereocenters. The Morgan fingerprint density at radius 2 is 1.85 bits per heavy atom. The number of rotatable bonds is 3. The molecular weight excluding hydrogens is 256 g/mol. The Bertz CT molecular complexity index is 772. The first-order valence-electron chi connectivity index (χ1n) is 6.35. The van der Waals surface area contributed by atoms with Crippen molar-refractivity contribution < 1.29 is 18.7 Å². The zero-order valence-corrected chi connectivity index (χ0v) is 11.3. The lowest BCUT2D eigenvalue weighted by Crippen LogP contribution is -2.24. The van der Waals surface area contributed by atoms with Crippen LogP contribution < -0.4 is 4.74 Å². The van der Waals surface area contributed by atoms with E-state index >= 15 is 0 Å². The highest BCUT2D eigenvalue weighted by Crippen LogP contribution is 2.31. The van der Waals surface area contributed by atoms with Crippen molar-refractivity contribution in [2.45, 2.75) is 13.0 Å². The van der Waals surface area contributed by atoms with Crippen LogP contribution >= 0.6 is 0 Å². The molecule has 4 heteroatoms. The van der Waals surface area contributed by atoms with Gasteiger partial charge in [-0.1, -0.05) is 18.2 Å². The number of ether oxygens (including phenoxy) is 2. The number of furan rings is 1. The molecule has 0 saturated carbocycles. The summed E-state index contributed by atoms with van der Waals surface area (Å²) >= 11 is 0. The lowest BCUT2D eigenvalue weighted by Gasteiger charge is -2.12. The smallest absolute Gasteiger partial charge is 0.346 e. The van der Waals surface area contributed by atoms with Crippen LogP contribution in [0.15, 0.2) is 46.9 Å². The number of fused-ring (bicyclic) bond motifs is 3. The molecule has 4 nitrogen and oxygen atoms in total. The SMILES string of the molecule is COC(=O)C(C)Oc1ccc2oc3ccccc3c2c1. The number of benzene rings is 2. The monoisotopic (exact) mass is 270 g/mol. The van der Waals surface area contributed by atoms with E-state index in [4.69, 9.17) is 9.15 Å². The van der Waals surface area contributed by atoms with Crippen LogP contribution in [0.2, 0.25) is 0 Å². The van der Waals surface area contributed by atoms with Crippen molar-refractivity contribution in [3.63, 3.8) is 0 Å². The molecule has 2 aromatic carbocycles. The lowest BCUT2D eigenvalue weighted by atomic mass is 10.1. The van der Waals surface area contributed by atoms with Crippen molar-refractivity contribution >= 4 is 27.9 Å². The first-order chi connectivity index (χ1) is 9.69. The molecule has 0 aliphatic rings. The summed E-state index contributed by atoms with van der Waals surface area (Å²) in [4.78, 5) is 11.4. The third-order valence-electron chi connectivity index (χ3n) is 3.19. The predicted octanol–water partition coefficient (Wildman–Crippen LogP) is 3.53. The molecular formula is C16H14O4. The number of para-hydroxylation sites is 1. The third kappa shape index (κ3) is 2.09. The van der Waals surface area contributed by atoms with E-state index in [1.807, 2.05) is 36.4 Å². The molecule has 102 valence electrons. The first kappa shape index (κ1) is 12.5. The van der Waals surface area contributed by atoms with Gasteiger partial charge in [-0.25, -0.2) is 4.79 Å². The van der Waals surface area contributed by atoms with Gasteiger partial charge < -0.3 is 13.9 Å². The molecule has 0 bridgehead atoms. The second-order valence-electron chi connectivity index (χ2n) is 4.54. The molecule has 0 saturated heterocycles. The van der Waals surface area contributed by atoms with E-state index in [1.165, 1.54) is 7.11 Å². The van der Waals surface area contributed by atoms with Crippen LogP contribution in [0.5, 0.6) is 5.75 Å². The summed E-state index contributed by atoms with van der Waals surface area (Å²) in [5.41, 5.74) is 1.63. The Hall–Kier alpha value is -2.49. The maximum absolute atomic E-state index is 11.4. The minimum atomic E-state index is -0.643. The van der Waals surface area contributed by atoms with Crippen molar-refractivity contribution in [2.75, 3.05) is 7.11 Å². The molecule has 0 N–H and O–H groups in total. The summed E-state index contributed by atoms with van der Waals surface area (Å²) in [5.74, 6) is 0.212. The van der Waals surface area contributed by atoms with E-state index in [1.54, 1.807) is 13.0 Å². The number of carbonyl (C=O) groups excluding carboxylic acids is 1. The van der Waals surface area contributed by atoms with Crippen molar-refractivity contribution in [1.29, 1.82) is 0 Å². The van der Waals surface area contributed by atoms with E-state index in [-0.39, 0.29) is 0 Å². The molecule has 1 atom stereocenters. The van der Waals surface area contributed by atoms with Gasteiger partial charge in [0.25, 0.3) is 0 Å². The van der Waals surface area contributed by atoms with Gasteiger partial charge in [0.05, 0.1) is 7.11 Å². The van der Waals surface area contributed by atoms with Crippen molar-refractivity contribution in [2.24, 2.45) is 0 Å². The average Bonchev–Trinajstić information content (AvgIpc) is 2.84. The predicted molar refractivity (Wildman–Crippen MR) is 75.8 cm³/mol. The van der Waals surface area contributed by atoms with Gasteiger partial charge in [-0.3, -0.25) is 0 Å². The Morgan fingerprint density at radius 1 is 1.10 bits per heavy atom. The fraction of sp³-hybridized carbons (Fsp3) is 0.188. The molecule has 0 radical (unpaired) electrons. The molecule has 0 aliphatic heterocycles. The van der Waals surface area contributed by atoms with E-state index in [2.05, 4.69) is 4.74 Å². The molecule has 0 fully saturated rings. The zero-order valence-electron chi connectivity index (χ0n) is 11.3. The molecule has 1 aromatic heterocycles. The van der Waals surface area contributed by atoms with Crippen LogP contribution in [0.4, 0.5) is 0 Å². The molecule has 1 heterocycles. The average molecular weight is 270 g/mol. The van der Waals surface area contributed by atoms with E-state index in [0.717, 1.165) is 21.9 Å². The fourth-order valence-electron chi connectivity index (χ4n) is 2.20. The summed E-state index contributed by atoms with van der Waals surface area (Å²) in [5, 5.41) is 1.99. The quantitative estimate of drug-likeness (QED) is 0.683. The second-order valence-corrected chi connectivity index (χ2v) is 4.54. The van der Waals surface area contributed by atoms with Gasteiger partial charge >= 0.3 is 5.97 Å².